The van der Waals surface area contributed by atoms with Crippen molar-refractivity contribution >= 4 is 31.4 Å². The van der Waals surface area contributed by atoms with E-state index in [1.54, 1.807) is 24.3 Å². The number of hydrazone groups is 1. The van der Waals surface area contributed by atoms with E-state index in [0.717, 1.165) is 34.9 Å². The average molecular weight is 492 g/mol. The van der Waals surface area contributed by atoms with Crippen LogP contribution in [0.5, 0.6) is 0 Å². The number of nitrogens with zero attached hydrogens (tertiary/aromatic N) is 2. The number of nitrogens with one attached hydrogen (secondary N) is 1. The third kappa shape index (κ3) is 5.04. The van der Waals surface area contributed by atoms with Crippen LogP contribution in [0.2, 0.25) is 0 Å². The number of rotatable bonds is 6. The standard InChI is InChI=1S/C22H19F2N3O4S2/c1-32(28,29)26-19-4-2-3-16(13-19)21-14-22(15-5-7-17(23)8-6-15)27(25-21)33(30,31)20-11-9-18(24)10-12-20/h2-13,22,26H,14H2,1H3/t22-/m1/s1. The van der Waals surface area contributed by atoms with Gasteiger partial charge >= 0.3 is 0 Å². The van der Waals surface area contributed by atoms with E-state index < -0.39 is 37.7 Å². The molecule has 33 heavy (non-hydrogen) atoms. The van der Waals surface area contributed by atoms with Crippen molar-refractivity contribution in [3.8, 4) is 0 Å². The van der Waals surface area contributed by atoms with Gasteiger partial charge in [0.2, 0.25) is 10.0 Å². The Hall–Kier alpha value is -3.31. The molecule has 1 aliphatic heterocycles. The van der Waals surface area contributed by atoms with Crippen LogP contribution in [0.25, 0.3) is 0 Å². The van der Waals surface area contributed by atoms with Gasteiger partial charge < -0.3 is 0 Å². The van der Waals surface area contributed by atoms with Gasteiger partial charge in [-0.3, -0.25) is 4.72 Å². The topological polar surface area (TPSA) is 95.9 Å². The van der Waals surface area contributed by atoms with Crippen LogP contribution in [-0.4, -0.2) is 33.2 Å². The monoisotopic (exact) mass is 491 g/mol. The maximum atomic E-state index is 13.5. The number of benzene rings is 3. The van der Waals surface area contributed by atoms with E-state index in [9.17, 15) is 25.6 Å². The Labute approximate surface area is 190 Å². The highest BCUT2D eigenvalue weighted by molar-refractivity contribution is 7.92. The molecule has 0 amide bonds. The lowest BCUT2D eigenvalue weighted by molar-refractivity contribution is 0.371. The van der Waals surface area contributed by atoms with Crippen molar-refractivity contribution in [3.05, 3.63) is 95.6 Å². The summed E-state index contributed by atoms with van der Waals surface area (Å²) in [4.78, 5) is -0.145. The van der Waals surface area contributed by atoms with Gasteiger partial charge in [0.1, 0.15) is 11.6 Å². The summed E-state index contributed by atoms with van der Waals surface area (Å²) in [6.45, 7) is 0. The molecule has 0 fully saturated rings. The van der Waals surface area contributed by atoms with Crippen molar-refractivity contribution in [1.82, 2.24) is 4.41 Å². The zero-order valence-corrected chi connectivity index (χ0v) is 18.9. The first kappa shape index (κ1) is 22.9. The Morgan fingerprint density at radius 1 is 0.909 bits per heavy atom. The van der Waals surface area contributed by atoms with Gasteiger partial charge in [-0.1, -0.05) is 24.3 Å². The Morgan fingerprint density at radius 3 is 2.12 bits per heavy atom. The molecular formula is C22H19F2N3O4S2. The molecule has 0 bridgehead atoms. The van der Waals surface area contributed by atoms with Gasteiger partial charge in [0.05, 0.1) is 22.9 Å². The minimum Gasteiger partial charge on any atom is -0.284 e. The molecule has 11 heteroatoms. The predicted octanol–water partition coefficient (Wildman–Crippen LogP) is 3.88. The second-order valence-corrected chi connectivity index (χ2v) is 11.0. The first-order valence-corrected chi connectivity index (χ1v) is 13.1. The number of halogens is 2. The molecule has 0 radical (unpaired) electrons. The lowest BCUT2D eigenvalue weighted by Gasteiger charge is -2.23. The van der Waals surface area contributed by atoms with Crippen LogP contribution in [0.1, 0.15) is 23.6 Å². The minimum atomic E-state index is -4.17. The lowest BCUT2D eigenvalue weighted by atomic mass is 9.99. The average Bonchev–Trinajstić information content (AvgIpc) is 3.20. The summed E-state index contributed by atoms with van der Waals surface area (Å²) < 4.78 is 80.0. The van der Waals surface area contributed by atoms with Gasteiger partial charge in [0, 0.05) is 12.1 Å². The van der Waals surface area contributed by atoms with E-state index in [1.807, 2.05) is 0 Å². The number of anilines is 1. The maximum absolute atomic E-state index is 13.5. The molecule has 4 rings (SSSR count). The van der Waals surface area contributed by atoms with Crippen molar-refractivity contribution in [3.63, 3.8) is 0 Å². The van der Waals surface area contributed by atoms with Crippen LogP contribution in [0, 0.1) is 11.6 Å². The van der Waals surface area contributed by atoms with Crippen molar-refractivity contribution in [2.24, 2.45) is 5.10 Å². The zero-order valence-electron chi connectivity index (χ0n) is 17.3. The van der Waals surface area contributed by atoms with E-state index in [-0.39, 0.29) is 11.3 Å². The quantitative estimate of drug-likeness (QED) is 0.566. The first-order chi connectivity index (χ1) is 15.5. The smallest absolute Gasteiger partial charge is 0.279 e. The highest BCUT2D eigenvalue weighted by Gasteiger charge is 2.37. The summed E-state index contributed by atoms with van der Waals surface area (Å²) in [5.74, 6) is -1.05. The normalized spacial score (nSPS) is 16.5. The van der Waals surface area contributed by atoms with Crippen molar-refractivity contribution in [2.45, 2.75) is 17.4 Å². The summed E-state index contributed by atoms with van der Waals surface area (Å²) in [6, 6.07) is 15.4. The Morgan fingerprint density at radius 2 is 1.52 bits per heavy atom. The molecule has 1 heterocycles. The molecule has 0 aliphatic carbocycles. The molecule has 0 saturated heterocycles. The highest BCUT2D eigenvalue weighted by atomic mass is 32.2. The molecule has 0 saturated carbocycles. The molecule has 1 aliphatic rings. The molecule has 0 unspecified atom stereocenters. The fraction of sp³-hybridized carbons (Fsp3) is 0.136. The molecule has 1 atom stereocenters. The van der Waals surface area contributed by atoms with Crippen LogP contribution < -0.4 is 4.72 Å². The zero-order chi connectivity index (χ0) is 23.8. The van der Waals surface area contributed by atoms with Gasteiger partial charge in [-0.15, -0.1) is 0 Å². The molecule has 3 aromatic rings. The summed E-state index contributed by atoms with van der Waals surface area (Å²) >= 11 is 0. The fourth-order valence-electron chi connectivity index (χ4n) is 3.51. The number of sulfonamides is 2. The summed E-state index contributed by atoms with van der Waals surface area (Å²) in [7, 11) is -7.68. The fourth-order valence-corrected chi connectivity index (χ4v) is 5.50. The second-order valence-electron chi connectivity index (χ2n) is 7.50. The molecule has 172 valence electrons. The van der Waals surface area contributed by atoms with E-state index in [1.165, 1.54) is 24.3 Å². The maximum Gasteiger partial charge on any atom is 0.279 e. The van der Waals surface area contributed by atoms with E-state index in [0.29, 0.717) is 22.5 Å². The molecule has 7 nitrogen and oxygen atoms in total. The summed E-state index contributed by atoms with van der Waals surface area (Å²) in [6.07, 6.45) is 1.18. The number of hydrogen-bond acceptors (Lipinski definition) is 5. The molecular weight excluding hydrogens is 472 g/mol. The molecule has 3 aromatic carbocycles. The van der Waals surface area contributed by atoms with Gasteiger partial charge in [-0.2, -0.15) is 17.9 Å². The summed E-state index contributed by atoms with van der Waals surface area (Å²) in [5, 5.41) is 4.34. The second kappa shape index (κ2) is 8.56. The minimum absolute atomic E-state index is 0.145. The van der Waals surface area contributed by atoms with E-state index >= 15 is 0 Å². The van der Waals surface area contributed by atoms with Crippen molar-refractivity contribution in [1.29, 1.82) is 0 Å². The number of hydrogen-bond donors (Lipinski definition) is 1. The predicted molar refractivity (Wildman–Crippen MR) is 121 cm³/mol. The highest BCUT2D eigenvalue weighted by Crippen LogP contribution is 2.37. The van der Waals surface area contributed by atoms with Crippen LogP contribution in [0.4, 0.5) is 14.5 Å². The Kier molecular flexibility index (Phi) is 5.93. The van der Waals surface area contributed by atoms with E-state index in [2.05, 4.69) is 9.82 Å². The Bertz CT molecular complexity index is 1420. The van der Waals surface area contributed by atoms with Gasteiger partial charge in [-0.25, -0.2) is 17.2 Å². The third-order valence-corrected chi connectivity index (χ3v) is 7.29. The van der Waals surface area contributed by atoms with Crippen molar-refractivity contribution < 1.29 is 25.6 Å². The molecule has 0 aromatic heterocycles. The van der Waals surface area contributed by atoms with Crippen LogP contribution >= 0.6 is 0 Å². The lowest BCUT2D eigenvalue weighted by Crippen LogP contribution is -2.27. The first-order valence-electron chi connectivity index (χ1n) is 9.74. The van der Waals surface area contributed by atoms with Gasteiger partial charge in [0.15, 0.2) is 0 Å². The van der Waals surface area contributed by atoms with Gasteiger partial charge in [0.25, 0.3) is 10.0 Å². The third-order valence-electron chi connectivity index (χ3n) is 4.98. The van der Waals surface area contributed by atoms with Crippen LogP contribution in [0.15, 0.2) is 82.8 Å². The van der Waals surface area contributed by atoms with Crippen molar-refractivity contribution in [2.75, 3.05) is 11.0 Å². The van der Waals surface area contributed by atoms with E-state index in [4.69, 9.17) is 0 Å². The molecule has 1 N–H and O–H groups in total. The van der Waals surface area contributed by atoms with Crippen LogP contribution in [-0.2, 0) is 20.0 Å². The van der Waals surface area contributed by atoms with Gasteiger partial charge in [-0.05, 0) is 59.7 Å². The SMILES string of the molecule is CS(=O)(=O)Nc1cccc(C2=NN(S(=O)(=O)c3ccc(F)cc3)[C@@H](c3ccc(F)cc3)C2)c1. The Balaban J connectivity index is 1.78. The van der Waals surface area contributed by atoms with Crippen LogP contribution in [0.3, 0.4) is 0 Å². The summed E-state index contributed by atoms with van der Waals surface area (Å²) in [5.41, 5.74) is 1.74. The largest absolute Gasteiger partial charge is 0.284 e. The molecule has 0 spiro atoms.